The molecule has 1 aromatic heterocycles. The van der Waals surface area contributed by atoms with Crippen molar-refractivity contribution in [3.8, 4) is 0 Å². The molecular formula is C21H30N4O2. The topological polar surface area (TPSA) is 60.6 Å². The summed E-state index contributed by atoms with van der Waals surface area (Å²) < 4.78 is 5.45. The van der Waals surface area contributed by atoms with Crippen LogP contribution in [0.4, 0.5) is 4.79 Å². The van der Waals surface area contributed by atoms with Gasteiger partial charge in [-0.25, -0.2) is 4.79 Å². The van der Waals surface area contributed by atoms with E-state index in [9.17, 15) is 4.79 Å². The number of rotatable bonds is 4. The summed E-state index contributed by atoms with van der Waals surface area (Å²) in [6.07, 6.45) is 3.41. The fourth-order valence-corrected chi connectivity index (χ4v) is 4.26. The number of morpholine rings is 1. The van der Waals surface area contributed by atoms with Crippen molar-refractivity contribution >= 4 is 16.9 Å². The number of nitrogens with zero attached hydrogens (tertiary/aromatic N) is 2. The van der Waals surface area contributed by atoms with Gasteiger partial charge in [-0.05, 0) is 55.3 Å². The van der Waals surface area contributed by atoms with Crippen molar-refractivity contribution in [3.63, 3.8) is 0 Å². The van der Waals surface area contributed by atoms with Gasteiger partial charge in [0.1, 0.15) is 0 Å². The maximum absolute atomic E-state index is 12.9. The van der Waals surface area contributed by atoms with Crippen LogP contribution in [0.2, 0.25) is 0 Å². The van der Waals surface area contributed by atoms with E-state index in [1.807, 2.05) is 0 Å². The molecule has 0 unspecified atom stereocenters. The zero-order valence-corrected chi connectivity index (χ0v) is 16.2. The van der Waals surface area contributed by atoms with Crippen molar-refractivity contribution < 1.29 is 9.53 Å². The zero-order valence-electron chi connectivity index (χ0n) is 16.2. The summed E-state index contributed by atoms with van der Waals surface area (Å²) in [4.78, 5) is 20.7. The number of ether oxygens (including phenoxy) is 1. The number of carbonyl (C=O) groups is 1. The third kappa shape index (κ3) is 4.45. The van der Waals surface area contributed by atoms with Gasteiger partial charge in [-0.2, -0.15) is 0 Å². The van der Waals surface area contributed by atoms with E-state index in [1.54, 1.807) is 0 Å². The van der Waals surface area contributed by atoms with Gasteiger partial charge >= 0.3 is 6.03 Å². The quantitative estimate of drug-likeness (QED) is 0.870. The first-order valence-corrected chi connectivity index (χ1v) is 10.1. The molecule has 6 heteroatoms. The lowest BCUT2D eigenvalue weighted by Gasteiger charge is -2.39. The zero-order chi connectivity index (χ0) is 18.6. The summed E-state index contributed by atoms with van der Waals surface area (Å²) in [7, 11) is 0. The van der Waals surface area contributed by atoms with Gasteiger partial charge in [0.2, 0.25) is 0 Å². The number of likely N-dealkylation sites (tertiary alicyclic amines) is 1. The van der Waals surface area contributed by atoms with Crippen molar-refractivity contribution in [1.82, 2.24) is 20.1 Å². The number of fused-ring (bicyclic) bond motifs is 1. The van der Waals surface area contributed by atoms with Crippen molar-refractivity contribution in [2.24, 2.45) is 0 Å². The molecule has 3 heterocycles. The predicted octanol–water partition coefficient (Wildman–Crippen LogP) is 2.87. The second-order valence-electron chi connectivity index (χ2n) is 7.79. The van der Waals surface area contributed by atoms with Gasteiger partial charge < -0.3 is 19.9 Å². The van der Waals surface area contributed by atoms with Crippen LogP contribution in [0.3, 0.4) is 0 Å². The van der Waals surface area contributed by atoms with Crippen LogP contribution in [0.25, 0.3) is 10.9 Å². The van der Waals surface area contributed by atoms with Crippen LogP contribution >= 0.6 is 0 Å². The Kier molecular flexibility index (Phi) is 5.64. The van der Waals surface area contributed by atoms with E-state index in [0.29, 0.717) is 12.6 Å². The smallest absolute Gasteiger partial charge is 0.317 e. The maximum atomic E-state index is 12.9. The molecule has 2 aromatic rings. The van der Waals surface area contributed by atoms with Gasteiger partial charge in [-0.1, -0.05) is 6.07 Å². The van der Waals surface area contributed by atoms with Crippen LogP contribution in [0.1, 0.15) is 30.5 Å². The molecule has 146 valence electrons. The van der Waals surface area contributed by atoms with Crippen LogP contribution in [0, 0.1) is 6.92 Å². The average molecular weight is 370 g/mol. The van der Waals surface area contributed by atoms with E-state index in [0.717, 1.165) is 69.0 Å². The Morgan fingerprint density at radius 3 is 2.93 bits per heavy atom. The van der Waals surface area contributed by atoms with Crippen LogP contribution in [-0.2, 0) is 11.3 Å². The van der Waals surface area contributed by atoms with Gasteiger partial charge in [0.25, 0.3) is 0 Å². The lowest BCUT2D eigenvalue weighted by Crippen LogP contribution is -2.53. The minimum absolute atomic E-state index is 0.0679. The number of benzene rings is 1. The molecule has 0 aliphatic carbocycles. The van der Waals surface area contributed by atoms with E-state index in [4.69, 9.17) is 4.74 Å². The first-order valence-electron chi connectivity index (χ1n) is 10.1. The number of nitrogens with one attached hydrogen (secondary N) is 2. The number of aryl methyl sites for hydroxylation is 1. The summed E-state index contributed by atoms with van der Waals surface area (Å²) in [5.74, 6) is 0. The Balaban J connectivity index is 1.35. The monoisotopic (exact) mass is 370 g/mol. The third-order valence-corrected chi connectivity index (χ3v) is 5.72. The minimum Gasteiger partial charge on any atom is -0.379 e. The van der Waals surface area contributed by atoms with Gasteiger partial charge in [0, 0.05) is 50.0 Å². The largest absolute Gasteiger partial charge is 0.379 e. The van der Waals surface area contributed by atoms with E-state index < -0.39 is 0 Å². The Morgan fingerprint density at radius 2 is 2.07 bits per heavy atom. The fourth-order valence-electron chi connectivity index (χ4n) is 4.26. The Hall–Kier alpha value is -2.05. The van der Waals surface area contributed by atoms with E-state index in [-0.39, 0.29) is 6.03 Å². The lowest BCUT2D eigenvalue weighted by atomic mass is 10.0. The lowest BCUT2D eigenvalue weighted by molar-refractivity contribution is 0.0221. The average Bonchev–Trinajstić information content (AvgIpc) is 3.06. The molecule has 2 fully saturated rings. The van der Waals surface area contributed by atoms with Crippen molar-refractivity contribution in [3.05, 3.63) is 35.5 Å². The second kappa shape index (κ2) is 8.31. The number of hydrogen-bond acceptors (Lipinski definition) is 3. The number of piperidine rings is 1. The molecule has 4 rings (SSSR count). The summed E-state index contributed by atoms with van der Waals surface area (Å²) in [6, 6.07) is 8.85. The van der Waals surface area contributed by atoms with Crippen LogP contribution in [0.15, 0.2) is 24.3 Å². The highest BCUT2D eigenvalue weighted by molar-refractivity contribution is 5.81. The van der Waals surface area contributed by atoms with Crippen LogP contribution < -0.4 is 5.32 Å². The van der Waals surface area contributed by atoms with E-state index in [1.165, 1.54) is 11.8 Å². The number of urea groups is 1. The molecule has 2 amide bonds. The molecule has 2 aliphatic rings. The van der Waals surface area contributed by atoms with Gasteiger partial charge in [-0.15, -0.1) is 0 Å². The van der Waals surface area contributed by atoms with Crippen molar-refractivity contribution in [2.45, 2.75) is 38.8 Å². The first-order chi connectivity index (χ1) is 13.2. The summed E-state index contributed by atoms with van der Waals surface area (Å²) in [5.41, 5.74) is 3.44. The molecule has 2 N–H and O–H groups in total. The second-order valence-corrected chi connectivity index (χ2v) is 7.79. The molecule has 6 nitrogen and oxygen atoms in total. The SMILES string of the molecule is Cc1cc2cc(CNC(=O)N3CCCC[C@H]3CN3CCOCC3)ccc2[nH]1. The van der Waals surface area contributed by atoms with Crippen molar-refractivity contribution in [2.75, 3.05) is 39.4 Å². The molecular weight excluding hydrogens is 340 g/mol. The van der Waals surface area contributed by atoms with Crippen molar-refractivity contribution in [1.29, 1.82) is 0 Å². The number of hydrogen-bond donors (Lipinski definition) is 2. The molecule has 2 aliphatic heterocycles. The molecule has 2 saturated heterocycles. The highest BCUT2D eigenvalue weighted by Gasteiger charge is 2.28. The number of amides is 2. The minimum atomic E-state index is 0.0679. The molecule has 0 saturated carbocycles. The number of aromatic amines is 1. The van der Waals surface area contributed by atoms with Gasteiger partial charge in [0.15, 0.2) is 0 Å². The normalized spacial score (nSPS) is 21.5. The van der Waals surface area contributed by atoms with E-state index >= 15 is 0 Å². The Labute approximate surface area is 160 Å². The first kappa shape index (κ1) is 18.3. The number of carbonyl (C=O) groups excluding carboxylic acids is 1. The molecule has 0 spiro atoms. The maximum Gasteiger partial charge on any atom is 0.317 e. The van der Waals surface area contributed by atoms with Crippen LogP contribution in [0.5, 0.6) is 0 Å². The standard InChI is InChI=1S/C21H30N4O2/c1-16-12-18-13-17(5-6-20(18)23-16)14-22-21(26)25-7-3-2-4-19(25)15-24-8-10-27-11-9-24/h5-6,12-13,19,23H,2-4,7-11,14-15H2,1H3,(H,22,26)/t19-/m0/s1. The van der Waals surface area contributed by atoms with Crippen LogP contribution in [-0.4, -0.2) is 66.2 Å². The Morgan fingerprint density at radius 1 is 1.22 bits per heavy atom. The fraction of sp³-hybridized carbons (Fsp3) is 0.571. The summed E-state index contributed by atoms with van der Waals surface area (Å²) >= 11 is 0. The highest BCUT2D eigenvalue weighted by atomic mass is 16.5. The molecule has 1 atom stereocenters. The molecule has 0 radical (unpaired) electrons. The van der Waals surface area contributed by atoms with E-state index in [2.05, 4.69) is 51.3 Å². The summed E-state index contributed by atoms with van der Waals surface area (Å²) in [5, 5.41) is 4.34. The number of H-pyrrole nitrogens is 1. The Bertz CT molecular complexity index is 782. The highest BCUT2D eigenvalue weighted by Crippen LogP contribution is 2.20. The number of aromatic nitrogens is 1. The predicted molar refractivity (Wildman–Crippen MR) is 107 cm³/mol. The molecule has 1 aromatic carbocycles. The summed E-state index contributed by atoms with van der Waals surface area (Å²) in [6.45, 7) is 8.01. The van der Waals surface area contributed by atoms with Gasteiger partial charge in [-0.3, -0.25) is 4.90 Å². The molecule has 27 heavy (non-hydrogen) atoms. The molecule has 0 bridgehead atoms. The third-order valence-electron chi connectivity index (χ3n) is 5.72. The van der Waals surface area contributed by atoms with Gasteiger partial charge in [0.05, 0.1) is 13.2 Å².